The van der Waals surface area contributed by atoms with E-state index in [9.17, 15) is 5.11 Å². The van der Waals surface area contributed by atoms with Gasteiger partial charge in [-0.2, -0.15) is 4.98 Å². The second-order valence-electron chi connectivity index (χ2n) is 8.21. The van der Waals surface area contributed by atoms with Gasteiger partial charge in [-0.3, -0.25) is 0 Å². The number of aliphatic hydroxyl groups excluding tert-OH is 1. The van der Waals surface area contributed by atoms with Crippen molar-refractivity contribution in [3.05, 3.63) is 53.7 Å². The summed E-state index contributed by atoms with van der Waals surface area (Å²) in [6.45, 7) is 4.44. The number of piperidine rings is 2. The van der Waals surface area contributed by atoms with Gasteiger partial charge in [0.25, 0.3) is 6.01 Å². The highest BCUT2D eigenvalue weighted by Gasteiger charge is 2.27. The van der Waals surface area contributed by atoms with E-state index in [-0.39, 0.29) is 0 Å². The number of likely N-dealkylation sites (tertiary alicyclic amines) is 1. The Bertz CT molecular complexity index is 944. The summed E-state index contributed by atoms with van der Waals surface area (Å²) in [5.41, 5.74) is 2.79. The molecule has 0 spiro atoms. The Hall–Kier alpha value is -2.44. The topological polar surface area (TPSA) is 65.6 Å². The summed E-state index contributed by atoms with van der Waals surface area (Å²) in [5, 5.41) is 10.6. The maximum Gasteiger partial charge on any atom is 0.299 e. The fourth-order valence-electron chi connectivity index (χ4n) is 4.64. The molecule has 6 heteroatoms. The first kappa shape index (κ1) is 18.6. The number of oxazole rings is 1. The van der Waals surface area contributed by atoms with Crippen LogP contribution in [0.2, 0.25) is 0 Å². The number of rotatable bonds is 4. The highest BCUT2D eigenvalue weighted by molar-refractivity contribution is 5.71. The molecule has 3 aromatic rings. The molecule has 6 nitrogen and oxygen atoms in total. The molecule has 2 aliphatic heterocycles. The van der Waals surface area contributed by atoms with Crippen molar-refractivity contribution in [2.45, 2.75) is 44.2 Å². The molecule has 0 bridgehead atoms. The number of nitrogens with zero attached hydrogens (tertiary/aromatic N) is 4. The van der Waals surface area contributed by atoms with Gasteiger partial charge in [-0.15, -0.1) is 0 Å². The van der Waals surface area contributed by atoms with E-state index < -0.39 is 6.10 Å². The van der Waals surface area contributed by atoms with E-state index in [2.05, 4.69) is 19.8 Å². The number of hydrogen-bond donors (Lipinski definition) is 1. The Labute approximate surface area is 171 Å². The summed E-state index contributed by atoms with van der Waals surface area (Å²) in [6, 6.07) is 12.8. The van der Waals surface area contributed by atoms with Crippen molar-refractivity contribution in [1.82, 2.24) is 14.9 Å². The molecule has 2 fully saturated rings. The van der Waals surface area contributed by atoms with Crippen LogP contribution in [0.1, 0.15) is 49.3 Å². The maximum absolute atomic E-state index is 10.6. The molecule has 2 saturated heterocycles. The van der Waals surface area contributed by atoms with Crippen molar-refractivity contribution in [2.24, 2.45) is 0 Å². The lowest BCUT2D eigenvalue weighted by molar-refractivity contribution is 0.140. The van der Waals surface area contributed by atoms with Gasteiger partial charge in [0.05, 0.1) is 0 Å². The molecule has 1 aromatic carbocycles. The largest absolute Gasteiger partial charge is 0.422 e. The van der Waals surface area contributed by atoms with Crippen molar-refractivity contribution in [3.8, 4) is 0 Å². The molecule has 0 aliphatic carbocycles. The minimum absolute atomic E-state index is 0.599. The third kappa shape index (κ3) is 3.87. The van der Waals surface area contributed by atoms with Gasteiger partial charge in [0.2, 0.25) is 5.65 Å². The average molecular weight is 393 g/mol. The van der Waals surface area contributed by atoms with E-state index in [4.69, 9.17) is 4.42 Å². The molecule has 2 aromatic heterocycles. The lowest BCUT2D eigenvalue weighted by atomic mass is 10.0. The Morgan fingerprint density at radius 1 is 0.966 bits per heavy atom. The minimum Gasteiger partial charge on any atom is -0.422 e. The fraction of sp³-hybridized carbons (Fsp3) is 0.478. The first-order chi connectivity index (χ1) is 14.3. The zero-order chi connectivity index (χ0) is 19.6. The smallest absolute Gasteiger partial charge is 0.299 e. The van der Waals surface area contributed by atoms with Crippen molar-refractivity contribution in [1.29, 1.82) is 0 Å². The van der Waals surface area contributed by atoms with E-state index in [1.807, 2.05) is 36.4 Å². The van der Waals surface area contributed by atoms with Crippen molar-refractivity contribution >= 4 is 17.2 Å². The summed E-state index contributed by atoms with van der Waals surface area (Å²) in [6.07, 6.45) is 7.35. The molecule has 5 rings (SSSR count). The predicted octanol–water partition coefficient (Wildman–Crippen LogP) is 3.76. The van der Waals surface area contributed by atoms with Gasteiger partial charge < -0.3 is 19.3 Å². The standard InChI is InChI=1S/C23H28N4O2/c28-21(17-7-3-1-4-8-17)18-15-20-22(24-16-18)25-23(29-20)27-13-9-19(10-14-27)26-11-5-2-6-12-26/h1,3-4,7-8,15-16,19,21,28H,2,5-6,9-14H2. The van der Waals surface area contributed by atoms with E-state index in [1.165, 1.54) is 32.4 Å². The molecule has 1 unspecified atom stereocenters. The molecule has 4 heterocycles. The number of anilines is 1. The van der Waals surface area contributed by atoms with Crippen LogP contribution in [-0.4, -0.2) is 52.2 Å². The van der Waals surface area contributed by atoms with E-state index in [1.54, 1.807) is 6.20 Å². The normalized spacial score (nSPS) is 20.2. The number of hydrogen-bond acceptors (Lipinski definition) is 6. The van der Waals surface area contributed by atoms with E-state index in [0.717, 1.165) is 37.1 Å². The molecule has 0 amide bonds. The zero-order valence-electron chi connectivity index (χ0n) is 16.7. The summed E-state index contributed by atoms with van der Waals surface area (Å²) in [4.78, 5) is 13.9. The van der Waals surface area contributed by atoms with Gasteiger partial charge in [0.15, 0.2) is 5.58 Å². The quantitative estimate of drug-likeness (QED) is 0.729. The van der Waals surface area contributed by atoms with Crippen LogP contribution in [-0.2, 0) is 0 Å². The van der Waals surface area contributed by atoms with Crippen LogP contribution in [0.5, 0.6) is 0 Å². The fourth-order valence-corrected chi connectivity index (χ4v) is 4.64. The molecule has 1 atom stereocenters. The summed E-state index contributed by atoms with van der Waals surface area (Å²) in [7, 11) is 0. The predicted molar refractivity (Wildman–Crippen MR) is 113 cm³/mol. The number of aliphatic hydroxyl groups is 1. The first-order valence-corrected chi connectivity index (χ1v) is 10.8. The molecule has 2 aliphatic rings. The van der Waals surface area contributed by atoms with Crippen LogP contribution in [0, 0.1) is 0 Å². The average Bonchev–Trinajstić information content (AvgIpc) is 3.23. The third-order valence-corrected chi connectivity index (χ3v) is 6.33. The second kappa shape index (κ2) is 8.13. The van der Waals surface area contributed by atoms with Crippen LogP contribution < -0.4 is 4.90 Å². The van der Waals surface area contributed by atoms with Gasteiger partial charge in [-0.1, -0.05) is 36.8 Å². The molecular formula is C23H28N4O2. The van der Waals surface area contributed by atoms with Gasteiger partial charge in [-0.05, 0) is 50.4 Å². The Morgan fingerprint density at radius 2 is 1.72 bits per heavy atom. The monoisotopic (exact) mass is 392 g/mol. The Morgan fingerprint density at radius 3 is 2.48 bits per heavy atom. The lowest BCUT2D eigenvalue weighted by Crippen LogP contribution is -2.46. The molecule has 29 heavy (non-hydrogen) atoms. The van der Waals surface area contributed by atoms with Gasteiger partial charge in [0, 0.05) is 30.9 Å². The highest BCUT2D eigenvalue weighted by atomic mass is 16.4. The van der Waals surface area contributed by atoms with Crippen LogP contribution in [0.3, 0.4) is 0 Å². The van der Waals surface area contributed by atoms with Gasteiger partial charge in [0.1, 0.15) is 6.10 Å². The van der Waals surface area contributed by atoms with Crippen LogP contribution in [0.4, 0.5) is 6.01 Å². The second-order valence-corrected chi connectivity index (χ2v) is 8.21. The maximum atomic E-state index is 10.6. The molecule has 152 valence electrons. The van der Waals surface area contributed by atoms with Crippen LogP contribution in [0.15, 0.2) is 47.0 Å². The van der Waals surface area contributed by atoms with Crippen LogP contribution >= 0.6 is 0 Å². The Balaban J connectivity index is 1.29. The Kier molecular flexibility index (Phi) is 5.21. The van der Waals surface area contributed by atoms with Crippen molar-refractivity contribution in [3.63, 3.8) is 0 Å². The number of aromatic nitrogens is 2. The minimum atomic E-state index is -0.720. The van der Waals surface area contributed by atoms with Crippen molar-refractivity contribution in [2.75, 3.05) is 31.1 Å². The van der Waals surface area contributed by atoms with E-state index >= 15 is 0 Å². The number of fused-ring (bicyclic) bond motifs is 1. The van der Waals surface area contributed by atoms with E-state index in [0.29, 0.717) is 23.3 Å². The molecule has 0 radical (unpaired) electrons. The van der Waals surface area contributed by atoms with Crippen LogP contribution in [0.25, 0.3) is 11.2 Å². The summed E-state index contributed by atoms with van der Waals surface area (Å²) in [5.74, 6) is 0. The number of pyridine rings is 1. The molecule has 1 N–H and O–H groups in total. The SMILES string of the molecule is OC(c1ccccc1)c1cnc2nc(N3CCC(N4CCCCC4)CC3)oc2c1. The third-order valence-electron chi connectivity index (χ3n) is 6.33. The molecule has 0 saturated carbocycles. The summed E-state index contributed by atoms with van der Waals surface area (Å²) >= 11 is 0. The van der Waals surface area contributed by atoms with Gasteiger partial charge >= 0.3 is 0 Å². The molecular weight excluding hydrogens is 364 g/mol. The highest BCUT2D eigenvalue weighted by Crippen LogP contribution is 2.29. The zero-order valence-corrected chi connectivity index (χ0v) is 16.7. The van der Waals surface area contributed by atoms with Crippen molar-refractivity contribution < 1.29 is 9.52 Å². The first-order valence-electron chi connectivity index (χ1n) is 10.8. The number of benzene rings is 1. The van der Waals surface area contributed by atoms with Gasteiger partial charge in [-0.25, -0.2) is 4.98 Å². The lowest BCUT2D eigenvalue weighted by Gasteiger charge is -2.39. The summed E-state index contributed by atoms with van der Waals surface area (Å²) < 4.78 is 6.04.